The van der Waals surface area contributed by atoms with Crippen molar-refractivity contribution in [3.8, 4) is 0 Å². The highest BCUT2D eigenvalue weighted by Gasteiger charge is 1.99. The van der Waals surface area contributed by atoms with E-state index in [0.717, 1.165) is 16.6 Å². The molecular formula is C10H11N3. The van der Waals surface area contributed by atoms with Crippen molar-refractivity contribution in [1.29, 1.82) is 0 Å². The maximum atomic E-state index is 4.29. The molecule has 0 saturated carbocycles. The molecule has 2 heterocycles. The van der Waals surface area contributed by atoms with Gasteiger partial charge >= 0.3 is 0 Å². The number of fused-ring (bicyclic) bond motifs is 1. The van der Waals surface area contributed by atoms with Gasteiger partial charge in [-0.15, -0.1) is 0 Å². The molecule has 2 aromatic heterocycles. The Balaban J connectivity index is 2.71. The Kier molecular flexibility index (Phi) is 1.85. The van der Waals surface area contributed by atoms with E-state index in [2.05, 4.69) is 16.2 Å². The molecule has 13 heavy (non-hydrogen) atoms. The summed E-state index contributed by atoms with van der Waals surface area (Å²) in [5, 5.41) is 4.19. The van der Waals surface area contributed by atoms with Crippen LogP contribution in [0.3, 0.4) is 0 Å². The van der Waals surface area contributed by atoms with Gasteiger partial charge in [0.05, 0.1) is 11.0 Å². The van der Waals surface area contributed by atoms with Crippen molar-refractivity contribution in [2.24, 2.45) is 5.10 Å². The van der Waals surface area contributed by atoms with E-state index in [0.29, 0.717) is 0 Å². The lowest BCUT2D eigenvalue weighted by Gasteiger charge is -1.96. The van der Waals surface area contributed by atoms with Crippen LogP contribution in [0, 0.1) is 6.92 Å². The van der Waals surface area contributed by atoms with Gasteiger partial charge < -0.3 is 0 Å². The monoisotopic (exact) mass is 173 g/mol. The highest BCUT2D eigenvalue weighted by molar-refractivity contribution is 5.76. The van der Waals surface area contributed by atoms with Crippen LogP contribution in [0.2, 0.25) is 0 Å². The summed E-state index contributed by atoms with van der Waals surface area (Å²) in [6.45, 7) is 3.93. The van der Waals surface area contributed by atoms with Crippen LogP contribution in [0.4, 0.5) is 0 Å². The summed E-state index contributed by atoms with van der Waals surface area (Å²) in [6, 6.07) is 4.04. The van der Waals surface area contributed by atoms with E-state index in [4.69, 9.17) is 0 Å². The molecule has 0 spiro atoms. The molecule has 66 valence electrons. The first-order valence-electron chi connectivity index (χ1n) is 4.24. The highest BCUT2D eigenvalue weighted by atomic mass is 15.3. The molecule has 0 unspecified atom stereocenters. The van der Waals surface area contributed by atoms with Gasteiger partial charge in [-0.3, -0.25) is 4.98 Å². The number of aryl methyl sites for hydroxylation is 1. The Bertz CT molecular complexity index is 454. The number of nitrogens with zero attached hydrogens (tertiary/aromatic N) is 3. The van der Waals surface area contributed by atoms with Gasteiger partial charge in [-0.05, 0) is 31.5 Å². The third-order valence-corrected chi connectivity index (χ3v) is 1.89. The van der Waals surface area contributed by atoms with Crippen LogP contribution in [0.1, 0.15) is 12.5 Å². The fraction of sp³-hybridized carbons (Fsp3) is 0.200. The minimum Gasteiger partial charge on any atom is -0.254 e. The van der Waals surface area contributed by atoms with Crippen LogP contribution in [0.5, 0.6) is 0 Å². The van der Waals surface area contributed by atoms with Crippen LogP contribution in [-0.2, 0) is 0 Å². The van der Waals surface area contributed by atoms with Crippen molar-refractivity contribution in [2.45, 2.75) is 13.8 Å². The summed E-state index contributed by atoms with van der Waals surface area (Å²) in [7, 11) is 0. The summed E-state index contributed by atoms with van der Waals surface area (Å²) in [4.78, 5) is 4.29. The van der Waals surface area contributed by atoms with E-state index in [1.54, 1.807) is 6.21 Å². The zero-order valence-corrected chi connectivity index (χ0v) is 7.73. The van der Waals surface area contributed by atoms with Crippen molar-refractivity contribution < 1.29 is 0 Å². The van der Waals surface area contributed by atoms with Crippen molar-refractivity contribution >= 4 is 17.2 Å². The van der Waals surface area contributed by atoms with Crippen molar-refractivity contribution in [2.75, 3.05) is 0 Å². The zero-order valence-electron chi connectivity index (χ0n) is 7.73. The Hall–Kier alpha value is -1.64. The summed E-state index contributed by atoms with van der Waals surface area (Å²) >= 11 is 0. The Morgan fingerprint density at radius 2 is 2.38 bits per heavy atom. The predicted octanol–water partition coefficient (Wildman–Crippen LogP) is 2.20. The van der Waals surface area contributed by atoms with E-state index < -0.39 is 0 Å². The molecule has 0 N–H and O–H groups in total. The second-order valence-corrected chi connectivity index (χ2v) is 2.95. The minimum absolute atomic E-state index is 0.983. The molecule has 0 aliphatic heterocycles. The maximum absolute atomic E-state index is 4.29. The molecule has 0 bridgehead atoms. The molecule has 0 atom stereocenters. The first-order chi connectivity index (χ1) is 6.31. The van der Waals surface area contributed by atoms with Crippen LogP contribution < -0.4 is 0 Å². The van der Waals surface area contributed by atoms with Crippen molar-refractivity contribution in [1.82, 2.24) is 9.66 Å². The molecule has 0 radical (unpaired) electrons. The molecule has 3 nitrogen and oxygen atoms in total. The standard InChI is InChI=1S/C10H11N3/c1-3-12-13-5-4-9-10(13)6-8(2)7-11-9/h3-7H,1-2H3/b12-3+. The molecule has 0 saturated heterocycles. The summed E-state index contributed by atoms with van der Waals surface area (Å²) in [6.07, 6.45) is 5.54. The lowest BCUT2D eigenvalue weighted by atomic mass is 10.3. The van der Waals surface area contributed by atoms with Gasteiger partial charge in [0.1, 0.15) is 0 Å². The lowest BCUT2D eigenvalue weighted by molar-refractivity contribution is 0.930. The van der Waals surface area contributed by atoms with E-state index in [1.807, 2.05) is 37.0 Å². The van der Waals surface area contributed by atoms with E-state index >= 15 is 0 Å². The number of rotatable bonds is 1. The molecule has 0 aromatic carbocycles. The molecular weight excluding hydrogens is 162 g/mol. The fourth-order valence-electron chi connectivity index (χ4n) is 1.32. The number of hydrogen-bond acceptors (Lipinski definition) is 2. The Morgan fingerprint density at radius 1 is 1.54 bits per heavy atom. The average molecular weight is 173 g/mol. The van der Waals surface area contributed by atoms with Gasteiger partial charge in [-0.2, -0.15) is 5.10 Å². The predicted molar refractivity (Wildman–Crippen MR) is 54.0 cm³/mol. The highest BCUT2D eigenvalue weighted by Crippen LogP contribution is 2.13. The average Bonchev–Trinajstić information content (AvgIpc) is 2.49. The van der Waals surface area contributed by atoms with E-state index in [-0.39, 0.29) is 0 Å². The van der Waals surface area contributed by atoms with Gasteiger partial charge in [-0.25, -0.2) is 4.68 Å². The van der Waals surface area contributed by atoms with Crippen molar-refractivity contribution in [3.63, 3.8) is 0 Å². The van der Waals surface area contributed by atoms with Crippen LogP contribution in [0.15, 0.2) is 29.6 Å². The first-order valence-corrected chi connectivity index (χ1v) is 4.24. The summed E-state index contributed by atoms with van der Waals surface area (Å²) in [5.74, 6) is 0. The van der Waals surface area contributed by atoms with Gasteiger partial charge in [-0.1, -0.05) is 0 Å². The molecule has 0 amide bonds. The first kappa shape index (κ1) is 7.98. The number of aromatic nitrogens is 2. The van der Waals surface area contributed by atoms with Crippen molar-refractivity contribution in [3.05, 3.63) is 30.1 Å². The maximum Gasteiger partial charge on any atom is 0.0905 e. The second kappa shape index (κ2) is 3.01. The van der Waals surface area contributed by atoms with Gasteiger partial charge in [0.2, 0.25) is 0 Å². The van der Waals surface area contributed by atoms with Gasteiger partial charge in [0.25, 0.3) is 0 Å². The molecule has 0 aliphatic carbocycles. The summed E-state index contributed by atoms with van der Waals surface area (Å²) < 4.78 is 1.83. The molecule has 0 fully saturated rings. The number of pyridine rings is 1. The Morgan fingerprint density at radius 3 is 3.15 bits per heavy atom. The minimum atomic E-state index is 0.983. The topological polar surface area (TPSA) is 30.2 Å². The molecule has 0 aliphatic rings. The van der Waals surface area contributed by atoms with E-state index in [9.17, 15) is 0 Å². The quantitative estimate of drug-likeness (QED) is 0.608. The van der Waals surface area contributed by atoms with Crippen LogP contribution in [0.25, 0.3) is 11.0 Å². The zero-order chi connectivity index (χ0) is 9.26. The van der Waals surface area contributed by atoms with Gasteiger partial charge in [0, 0.05) is 18.6 Å². The largest absolute Gasteiger partial charge is 0.254 e. The fourth-order valence-corrected chi connectivity index (χ4v) is 1.32. The normalized spacial score (nSPS) is 11.5. The third kappa shape index (κ3) is 1.33. The van der Waals surface area contributed by atoms with Crippen LogP contribution in [-0.4, -0.2) is 15.9 Å². The number of hydrogen-bond donors (Lipinski definition) is 0. The third-order valence-electron chi connectivity index (χ3n) is 1.89. The van der Waals surface area contributed by atoms with Crippen LogP contribution >= 0.6 is 0 Å². The molecule has 2 rings (SSSR count). The van der Waals surface area contributed by atoms with Gasteiger partial charge in [0.15, 0.2) is 0 Å². The summed E-state index contributed by atoms with van der Waals surface area (Å²) in [5.41, 5.74) is 3.19. The Labute approximate surface area is 76.7 Å². The SMILES string of the molecule is C/C=N/n1ccc2ncc(C)cc21. The smallest absolute Gasteiger partial charge is 0.0905 e. The van der Waals surface area contributed by atoms with E-state index in [1.165, 1.54) is 0 Å². The molecule has 2 aromatic rings. The lowest BCUT2D eigenvalue weighted by Crippen LogP contribution is -1.86. The second-order valence-electron chi connectivity index (χ2n) is 2.95. The molecule has 3 heteroatoms.